The van der Waals surface area contributed by atoms with E-state index in [4.69, 9.17) is 9.47 Å². The molecular weight excluding hydrogens is 402 g/mol. The minimum atomic E-state index is -0.793. The molecule has 0 aromatic rings. The molecule has 1 N–H and O–H groups in total. The van der Waals surface area contributed by atoms with Gasteiger partial charge in [0.15, 0.2) is 0 Å². The molecule has 3 amide bonds. The second kappa shape index (κ2) is 12.5. The van der Waals surface area contributed by atoms with Crippen molar-refractivity contribution in [2.75, 3.05) is 27.7 Å². The van der Waals surface area contributed by atoms with Gasteiger partial charge in [-0.2, -0.15) is 0 Å². The number of nitrogens with zero attached hydrogens (tertiary/aromatic N) is 2. The van der Waals surface area contributed by atoms with Gasteiger partial charge in [-0.25, -0.2) is 9.59 Å². The number of carbonyl (C=O) groups excluding carboxylic acids is 4. The fourth-order valence-corrected chi connectivity index (χ4v) is 2.88. The van der Waals surface area contributed by atoms with Crippen molar-refractivity contribution in [3.8, 4) is 0 Å². The molecule has 0 heterocycles. The van der Waals surface area contributed by atoms with E-state index in [0.717, 1.165) is 0 Å². The van der Waals surface area contributed by atoms with Gasteiger partial charge in [0, 0.05) is 14.1 Å². The summed E-state index contributed by atoms with van der Waals surface area (Å²) in [6.07, 6.45) is 0.202. The molecule has 0 radical (unpaired) electrons. The number of hydrogen-bond donors (Lipinski definition) is 1. The van der Waals surface area contributed by atoms with E-state index < -0.39 is 41.6 Å². The third-order valence-corrected chi connectivity index (χ3v) is 4.45. The van der Waals surface area contributed by atoms with E-state index in [1.165, 1.54) is 31.0 Å². The highest BCUT2D eigenvalue weighted by Crippen LogP contribution is 2.14. The largest absolute Gasteiger partial charge is 0.467 e. The molecule has 9 nitrogen and oxygen atoms in total. The summed E-state index contributed by atoms with van der Waals surface area (Å²) in [5.74, 6) is -1.08. The van der Waals surface area contributed by atoms with Gasteiger partial charge in [-0.3, -0.25) is 9.59 Å². The van der Waals surface area contributed by atoms with Crippen LogP contribution in [0.5, 0.6) is 0 Å². The van der Waals surface area contributed by atoms with Crippen LogP contribution in [0.1, 0.15) is 61.3 Å². The number of rotatable bonds is 10. The summed E-state index contributed by atoms with van der Waals surface area (Å²) in [5, 5.41) is 2.73. The van der Waals surface area contributed by atoms with Crippen LogP contribution < -0.4 is 5.32 Å². The lowest BCUT2D eigenvalue weighted by molar-refractivity contribution is -0.147. The first-order chi connectivity index (χ1) is 14.1. The van der Waals surface area contributed by atoms with Gasteiger partial charge >= 0.3 is 12.1 Å². The Morgan fingerprint density at radius 3 is 1.87 bits per heavy atom. The summed E-state index contributed by atoms with van der Waals surface area (Å²) >= 11 is 0. The van der Waals surface area contributed by atoms with Crippen molar-refractivity contribution in [2.24, 2.45) is 11.8 Å². The summed E-state index contributed by atoms with van der Waals surface area (Å²) in [6, 6.07) is -1.58. The Balaban J connectivity index is 5.38. The molecule has 180 valence electrons. The Bertz CT molecular complexity index is 627. The first-order valence-corrected chi connectivity index (χ1v) is 10.7. The minimum Gasteiger partial charge on any atom is -0.467 e. The number of likely N-dealkylation sites (N-methyl/N-ethyl adjacent to an activating group) is 2. The molecule has 0 bridgehead atoms. The second-order valence-corrected chi connectivity index (χ2v) is 9.70. The lowest BCUT2D eigenvalue weighted by Gasteiger charge is -2.31. The molecule has 0 aliphatic carbocycles. The lowest BCUT2D eigenvalue weighted by atomic mass is 9.99. The fourth-order valence-electron chi connectivity index (χ4n) is 2.88. The third-order valence-electron chi connectivity index (χ3n) is 4.45. The minimum absolute atomic E-state index is 0.122. The van der Waals surface area contributed by atoms with E-state index in [2.05, 4.69) is 5.32 Å². The van der Waals surface area contributed by atoms with Crippen molar-refractivity contribution < 1.29 is 28.7 Å². The molecule has 0 saturated carbocycles. The summed E-state index contributed by atoms with van der Waals surface area (Å²) < 4.78 is 10.1. The molecular formula is C22H41N3O6. The van der Waals surface area contributed by atoms with Crippen molar-refractivity contribution in [3.05, 3.63) is 0 Å². The molecule has 31 heavy (non-hydrogen) atoms. The van der Waals surface area contributed by atoms with Gasteiger partial charge in [-0.15, -0.1) is 0 Å². The average Bonchev–Trinajstić information content (AvgIpc) is 2.62. The van der Waals surface area contributed by atoms with E-state index in [1.54, 1.807) is 20.8 Å². The Kier molecular flexibility index (Phi) is 11.6. The maximum absolute atomic E-state index is 13.0. The lowest BCUT2D eigenvalue weighted by Crippen LogP contribution is -2.54. The summed E-state index contributed by atoms with van der Waals surface area (Å²) in [7, 11) is 4.26. The van der Waals surface area contributed by atoms with Gasteiger partial charge in [0.25, 0.3) is 0 Å². The SMILES string of the molecule is COC(=O)C(CC(C)C)NC(=O)C(CC(C)C)N(C)C(=O)CN(C)C(=O)OC(C)(C)C. The fraction of sp³-hybridized carbons (Fsp3) is 0.818. The average molecular weight is 444 g/mol. The number of ether oxygens (including phenoxy) is 2. The number of nitrogens with one attached hydrogen (secondary N) is 1. The molecule has 0 saturated heterocycles. The van der Waals surface area contributed by atoms with Gasteiger partial charge in [0.1, 0.15) is 24.2 Å². The van der Waals surface area contributed by atoms with Gasteiger partial charge in [0.05, 0.1) is 7.11 Å². The maximum Gasteiger partial charge on any atom is 0.410 e. The number of carbonyl (C=O) groups is 4. The molecule has 0 fully saturated rings. The van der Waals surface area contributed by atoms with E-state index in [0.29, 0.717) is 12.8 Å². The maximum atomic E-state index is 13.0. The van der Waals surface area contributed by atoms with Crippen LogP contribution in [0.2, 0.25) is 0 Å². The van der Waals surface area contributed by atoms with Gasteiger partial charge < -0.3 is 24.6 Å². The van der Waals surface area contributed by atoms with Crippen molar-refractivity contribution >= 4 is 23.9 Å². The molecule has 0 aromatic carbocycles. The molecule has 0 rings (SSSR count). The van der Waals surface area contributed by atoms with Crippen LogP contribution in [-0.4, -0.2) is 79.1 Å². The van der Waals surface area contributed by atoms with Gasteiger partial charge in [-0.1, -0.05) is 27.7 Å². The van der Waals surface area contributed by atoms with Crippen molar-refractivity contribution in [3.63, 3.8) is 0 Å². The monoisotopic (exact) mass is 443 g/mol. The van der Waals surface area contributed by atoms with Crippen LogP contribution >= 0.6 is 0 Å². The number of methoxy groups -OCH3 is 1. The first kappa shape index (κ1) is 28.7. The Morgan fingerprint density at radius 2 is 1.45 bits per heavy atom. The molecule has 0 aliphatic rings. The van der Waals surface area contributed by atoms with Crippen molar-refractivity contribution in [2.45, 2.75) is 79.0 Å². The highest BCUT2D eigenvalue weighted by Gasteiger charge is 2.32. The standard InChI is InChI=1S/C22H41N3O6/c1-14(2)11-16(20(28)30-10)23-19(27)17(12-15(3)4)25(9)18(26)13-24(8)21(29)31-22(5,6)7/h14-17H,11-13H2,1-10H3,(H,23,27). The Hall–Kier alpha value is -2.32. The molecule has 2 unspecified atom stereocenters. The van der Waals surface area contributed by atoms with E-state index >= 15 is 0 Å². The zero-order valence-electron chi connectivity index (χ0n) is 20.8. The molecule has 0 spiro atoms. The normalized spacial score (nSPS) is 13.4. The second-order valence-electron chi connectivity index (χ2n) is 9.70. The van der Waals surface area contributed by atoms with E-state index in [1.807, 2.05) is 27.7 Å². The van der Waals surface area contributed by atoms with Crippen LogP contribution in [0, 0.1) is 11.8 Å². The smallest absolute Gasteiger partial charge is 0.410 e. The van der Waals surface area contributed by atoms with Crippen LogP contribution in [0.25, 0.3) is 0 Å². The van der Waals surface area contributed by atoms with Crippen LogP contribution in [0.4, 0.5) is 4.79 Å². The summed E-state index contributed by atoms with van der Waals surface area (Å²) in [6.45, 7) is 12.7. The zero-order chi connectivity index (χ0) is 24.5. The highest BCUT2D eigenvalue weighted by atomic mass is 16.6. The molecule has 2 atom stereocenters. The quantitative estimate of drug-likeness (QED) is 0.520. The molecule has 0 aliphatic heterocycles. The third kappa shape index (κ3) is 11.0. The van der Waals surface area contributed by atoms with Gasteiger partial charge in [-0.05, 0) is 45.4 Å². The van der Waals surface area contributed by atoms with Crippen molar-refractivity contribution in [1.82, 2.24) is 15.1 Å². The first-order valence-electron chi connectivity index (χ1n) is 10.7. The predicted molar refractivity (Wildman–Crippen MR) is 118 cm³/mol. The summed E-state index contributed by atoms with van der Waals surface area (Å²) in [5.41, 5.74) is -0.681. The van der Waals surface area contributed by atoms with Crippen LogP contribution in [0.15, 0.2) is 0 Å². The number of esters is 1. The van der Waals surface area contributed by atoms with Crippen LogP contribution in [0.3, 0.4) is 0 Å². The topological polar surface area (TPSA) is 105 Å². The Labute approximate surface area is 186 Å². The molecule has 9 heteroatoms. The van der Waals surface area contributed by atoms with E-state index in [-0.39, 0.29) is 18.4 Å². The number of hydrogen-bond acceptors (Lipinski definition) is 6. The molecule has 0 aromatic heterocycles. The van der Waals surface area contributed by atoms with Gasteiger partial charge in [0.2, 0.25) is 11.8 Å². The zero-order valence-corrected chi connectivity index (χ0v) is 20.8. The number of amides is 3. The van der Waals surface area contributed by atoms with Crippen molar-refractivity contribution in [1.29, 1.82) is 0 Å². The Morgan fingerprint density at radius 1 is 0.935 bits per heavy atom. The van der Waals surface area contributed by atoms with Crippen LogP contribution in [-0.2, 0) is 23.9 Å². The highest BCUT2D eigenvalue weighted by molar-refractivity contribution is 5.91. The predicted octanol–water partition coefficient (Wildman–Crippen LogP) is 2.43. The van der Waals surface area contributed by atoms with E-state index in [9.17, 15) is 19.2 Å². The summed E-state index contributed by atoms with van der Waals surface area (Å²) in [4.78, 5) is 52.6.